The molecule has 0 saturated heterocycles. The highest BCUT2D eigenvalue weighted by Crippen LogP contribution is 2.27. The van der Waals surface area contributed by atoms with Gasteiger partial charge in [0, 0.05) is 25.3 Å². The van der Waals surface area contributed by atoms with Crippen LogP contribution in [0.5, 0.6) is 0 Å². The predicted octanol–water partition coefficient (Wildman–Crippen LogP) is 2.82. The van der Waals surface area contributed by atoms with Crippen LogP contribution in [0.4, 0.5) is 0 Å². The van der Waals surface area contributed by atoms with Crippen LogP contribution in [0, 0.1) is 5.41 Å². The van der Waals surface area contributed by atoms with Gasteiger partial charge in [0.2, 0.25) is 0 Å². The lowest BCUT2D eigenvalue weighted by molar-refractivity contribution is -0.0878. The zero-order chi connectivity index (χ0) is 15.3. The fourth-order valence-electron chi connectivity index (χ4n) is 2.56. The van der Waals surface area contributed by atoms with Crippen LogP contribution >= 0.6 is 0 Å². The number of aliphatic hydroxyl groups excluding tert-OH is 1. The molecule has 4 heteroatoms. The van der Waals surface area contributed by atoms with Gasteiger partial charge in [0.15, 0.2) is 0 Å². The molecule has 0 bridgehead atoms. The minimum absolute atomic E-state index is 0.0833. The molecule has 116 valence electrons. The molecule has 1 rings (SSSR count). The van der Waals surface area contributed by atoms with Gasteiger partial charge in [-0.3, -0.25) is 4.68 Å². The molecule has 1 aromatic heterocycles. The monoisotopic (exact) mass is 282 g/mol. The SMILES string of the molecule is CCOC(C(O)Cc1cc(CC)nn1CC)C(C)(C)C. The topological polar surface area (TPSA) is 47.3 Å². The van der Waals surface area contributed by atoms with E-state index in [2.05, 4.69) is 45.8 Å². The number of aromatic nitrogens is 2. The molecule has 1 heterocycles. The van der Waals surface area contributed by atoms with E-state index in [-0.39, 0.29) is 11.5 Å². The van der Waals surface area contributed by atoms with Crippen LogP contribution in [0.25, 0.3) is 0 Å². The lowest BCUT2D eigenvalue weighted by atomic mass is 9.84. The molecule has 1 N–H and O–H groups in total. The van der Waals surface area contributed by atoms with Gasteiger partial charge >= 0.3 is 0 Å². The summed E-state index contributed by atoms with van der Waals surface area (Å²) in [6, 6.07) is 2.10. The molecule has 2 unspecified atom stereocenters. The van der Waals surface area contributed by atoms with Gasteiger partial charge in [-0.15, -0.1) is 0 Å². The summed E-state index contributed by atoms with van der Waals surface area (Å²) in [5.74, 6) is 0. The van der Waals surface area contributed by atoms with Gasteiger partial charge in [-0.25, -0.2) is 0 Å². The van der Waals surface area contributed by atoms with Crippen LogP contribution in [0.3, 0.4) is 0 Å². The Morgan fingerprint density at radius 2 is 1.95 bits per heavy atom. The Balaban J connectivity index is 2.87. The van der Waals surface area contributed by atoms with Crippen molar-refractivity contribution in [2.45, 2.75) is 73.1 Å². The van der Waals surface area contributed by atoms with Crippen molar-refractivity contribution >= 4 is 0 Å². The molecule has 0 saturated carbocycles. The lowest BCUT2D eigenvalue weighted by Crippen LogP contribution is -2.41. The van der Waals surface area contributed by atoms with Crippen LogP contribution < -0.4 is 0 Å². The van der Waals surface area contributed by atoms with E-state index in [0.29, 0.717) is 13.0 Å². The molecule has 0 radical (unpaired) electrons. The maximum Gasteiger partial charge on any atom is 0.0885 e. The van der Waals surface area contributed by atoms with E-state index in [1.807, 2.05) is 11.6 Å². The van der Waals surface area contributed by atoms with Gasteiger partial charge in [-0.05, 0) is 31.7 Å². The largest absolute Gasteiger partial charge is 0.390 e. The third-order valence-corrected chi connectivity index (χ3v) is 3.54. The Labute approximate surface area is 123 Å². The summed E-state index contributed by atoms with van der Waals surface area (Å²) in [5, 5.41) is 15.1. The Hall–Kier alpha value is -0.870. The van der Waals surface area contributed by atoms with Gasteiger partial charge in [0.1, 0.15) is 0 Å². The molecular weight excluding hydrogens is 252 g/mol. The standard InChI is InChI=1S/C16H30N2O2/c1-7-12-10-13(18(8-2)17-12)11-14(19)15(20-9-3)16(4,5)6/h10,14-15,19H,7-9,11H2,1-6H3. The zero-order valence-electron chi connectivity index (χ0n) is 13.8. The summed E-state index contributed by atoms with van der Waals surface area (Å²) in [4.78, 5) is 0. The molecule has 0 aliphatic heterocycles. The van der Waals surface area contributed by atoms with Gasteiger partial charge in [-0.1, -0.05) is 27.7 Å². The van der Waals surface area contributed by atoms with Crippen molar-refractivity contribution in [2.75, 3.05) is 6.61 Å². The summed E-state index contributed by atoms with van der Waals surface area (Å²) in [7, 11) is 0. The first-order valence-corrected chi connectivity index (χ1v) is 7.68. The van der Waals surface area contributed by atoms with E-state index in [4.69, 9.17) is 4.74 Å². The molecule has 0 spiro atoms. The highest BCUT2D eigenvalue weighted by atomic mass is 16.5. The third-order valence-electron chi connectivity index (χ3n) is 3.54. The summed E-state index contributed by atoms with van der Waals surface area (Å²) in [6.07, 6.45) is 0.826. The van der Waals surface area contributed by atoms with Crippen molar-refractivity contribution in [3.05, 3.63) is 17.5 Å². The van der Waals surface area contributed by atoms with E-state index in [9.17, 15) is 5.11 Å². The summed E-state index contributed by atoms with van der Waals surface area (Å²) in [5.41, 5.74) is 2.09. The maximum absolute atomic E-state index is 10.6. The van der Waals surface area contributed by atoms with Crippen LogP contribution in [-0.4, -0.2) is 33.7 Å². The van der Waals surface area contributed by atoms with Gasteiger partial charge in [0.25, 0.3) is 0 Å². The Morgan fingerprint density at radius 1 is 1.30 bits per heavy atom. The lowest BCUT2D eigenvalue weighted by Gasteiger charge is -2.34. The normalized spacial score (nSPS) is 15.3. The first-order chi connectivity index (χ1) is 9.33. The number of aliphatic hydroxyl groups is 1. The average molecular weight is 282 g/mol. The minimum atomic E-state index is -0.512. The maximum atomic E-state index is 10.6. The first kappa shape index (κ1) is 17.2. The molecule has 1 aromatic rings. The molecule has 0 fully saturated rings. The second kappa shape index (κ2) is 7.23. The van der Waals surface area contributed by atoms with Crippen molar-refractivity contribution in [2.24, 2.45) is 5.41 Å². The van der Waals surface area contributed by atoms with Crippen molar-refractivity contribution in [1.29, 1.82) is 0 Å². The summed E-state index contributed by atoms with van der Waals surface area (Å²) >= 11 is 0. The van der Waals surface area contributed by atoms with Gasteiger partial charge < -0.3 is 9.84 Å². The molecule has 20 heavy (non-hydrogen) atoms. The average Bonchev–Trinajstić information content (AvgIpc) is 2.76. The van der Waals surface area contributed by atoms with Crippen molar-refractivity contribution in [1.82, 2.24) is 9.78 Å². The summed E-state index contributed by atoms with van der Waals surface area (Å²) < 4.78 is 7.75. The van der Waals surface area contributed by atoms with E-state index in [1.54, 1.807) is 0 Å². The fraction of sp³-hybridized carbons (Fsp3) is 0.812. The highest BCUT2D eigenvalue weighted by molar-refractivity contribution is 5.12. The number of ether oxygens (including phenoxy) is 1. The van der Waals surface area contributed by atoms with E-state index in [1.165, 1.54) is 0 Å². The highest BCUT2D eigenvalue weighted by Gasteiger charge is 2.32. The molecule has 2 atom stereocenters. The Morgan fingerprint density at radius 3 is 2.40 bits per heavy atom. The molecule has 4 nitrogen and oxygen atoms in total. The first-order valence-electron chi connectivity index (χ1n) is 7.68. The number of hydrogen-bond acceptors (Lipinski definition) is 3. The number of rotatable bonds is 7. The second-order valence-corrected chi connectivity index (χ2v) is 6.31. The van der Waals surface area contributed by atoms with Crippen LogP contribution in [-0.2, 0) is 24.1 Å². The molecule has 0 amide bonds. The van der Waals surface area contributed by atoms with Crippen molar-refractivity contribution in [3.8, 4) is 0 Å². The molecule has 0 aliphatic carbocycles. The second-order valence-electron chi connectivity index (χ2n) is 6.31. The van der Waals surface area contributed by atoms with E-state index < -0.39 is 6.10 Å². The van der Waals surface area contributed by atoms with Crippen LogP contribution in [0.1, 0.15) is 52.9 Å². The Kier molecular flexibility index (Phi) is 6.21. The number of hydrogen-bond donors (Lipinski definition) is 1. The van der Waals surface area contributed by atoms with Gasteiger partial charge in [0.05, 0.1) is 17.9 Å². The van der Waals surface area contributed by atoms with Crippen molar-refractivity contribution < 1.29 is 9.84 Å². The number of nitrogens with zero attached hydrogens (tertiary/aromatic N) is 2. The third kappa shape index (κ3) is 4.32. The van der Waals surface area contributed by atoms with Crippen LogP contribution in [0.2, 0.25) is 0 Å². The smallest absolute Gasteiger partial charge is 0.0885 e. The summed E-state index contributed by atoms with van der Waals surface area (Å²) in [6.45, 7) is 13.9. The Bertz CT molecular complexity index is 407. The molecule has 0 aromatic carbocycles. The minimum Gasteiger partial charge on any atom is -0.390 e. The number of aryl methyl sites for hydroxylation is 2. The molecular formula is C16H30N2O2. The zero-order valence-corrected chi connectivity index (χ0v) is 13.8. The fourth-order valence-corrected chi connectivity index (χ4v) is 2.56. The quantitative estimate of drug-likeness (QED) is 0.836. The van der Waals surface area contributed by atoms with E-state index in [0.717, 1.165) is 24.4 Å². The predicted molar refractivity (Wildman–Crippen MR) is 81.9 cm³/mol. The van der Waals surface area contributed by atoms with Crippen molar-refractivity contribution in [3.63, 3.8) is 0 Å². The van der Waals surface area contributed by atoms with E-state index >= 15 is 0 Å². The van der Waals surface area contributed by atoms with Gasteiger partial charge in [-0.2, -0.15) is 5.10 Å². The molecule has 0 aliphatic rings. The van der Waals surface area contributed by atoms with Crippen LogP contribution in [0.15, 0.2) is 6.07 Å².